The standard InChI is InChI=1S/2C2H6.2H2/c2*1-2;;/h2*1-2H3;2*1H/i;;2*1+2. The second-order valence-corrected chi connectivity index (χ2v) is 0. The summed E-state index contributed by atoms with van der Waals surface area (Å²) >= 11 is 0. The summed E-state index contributed by atoms with van der Waals surface area (Å²) in [5, 5.41) is 0. The Kier molecular flexibility index (Phi) is 0. The molecule has 0 bridgehead atoms. The summed E-state index contributed by atoms with van der Waals surface area (Å²) < 4.78 is 0. The molecule has 0 heteroatoms. The fourth-order valence-electron chi connectivity index (χ4n) is 0. The molecule has 0 N–H and O–H groups in total. The quantitative estimate of drug-likeness (QED) is 0.409. The van der Waals surface area contributed by atoms with Gasteiger partial charge in [-0.25, -0.2) is 0 Å². The normalized spacial score (nSPS) is 3.00. The van der Waals surface area contributed by atoms with Crippen molar-refractivity contribution in [1.29, 1.82) is 0 Å². The maximum Gasteiger partial charge on any atom is 0 e. The van der Waals surface area contributed by atoms with Gasteiger partial charge < -0.3 is 0 Å². The molecule has 0 aliphatic rings. The first-order chi connectivity index (χ1) is 2.00. The SMILES string of the molecule is CC.CC.[3HH].[3HH]. The molecule has 0 rings (SSSR count). The Labute approximate surface area is 31.8 Å². The van der Waals surface area contributed by atoms with Crippen LogP contribution in [0, 0.1) is 0 Å². The van der Waals surface area contributed by atoms with Gasteiger partial charge in [-0.3, -0.25) is 0 Å². The van der Waals surface area contributed by atoms with Crippen molar-refractivity contribution < 1.29 is 2.85 Å². The molecule has 0 fully saturated rings. The van der Waals surface area contributed by atoms with Crippen molar-refractivity contribution in [1.82, 2.24) is 0 Å². The minimum Gasteiger partial charge on any atom is -0.0683 e. The van der Waals surface area contributed by atoms with E-state index in [2.05, 4.69) is 0 Å². The van der Waals surface area contributed by atoms with Gasteiger partial charge in [0.15, 0.2) is 0 Å². The molecule has 0 atom stereocenters. The highest BCUT2D eigenvalue weighted by Gasteiger charge is 0.934. The Hall–Kier alpha value is 0. The summed E-state index contributed by atoms with van der Waals surface area (Å²) in [4.78, 5) is 0. The molecule has 0 aromatic rings. The molecule has 0 unspecified atom stereocenters. The van der Waals surface area contributed by atoms with Crippen molar-refractivity contribution >= 4 is 0 Å². The summed E-state index contributed by atoms with van der Waals surface area (Å²) in [5.74, 6) is 0. The van der Waals surface area contributed by atoms with Crippen LogP contribution in [0.15, 0.2) is 0 Å². The third-order valence-electron chi connectivity index (χ3n) is 0. The highest BCUT2D eigenvalue weighted by molar-refractivity contribution is 3.51. The fourth-order valence-corrected chi connectivity index (χ4v) is 0. The lowest BCUT2D eigenvalue weighted by atomic mass is 11.0. The molecular weight excluding hydrogens is 48.0 g/mol. The van der Waals surface area contributed by atoms with E-state index in [1.165, 1.54) is 0 Å². The molecule has 0 radical (unpaired) electrons. The van der Waals surface area contributed by atoms with Crippen LogP contribution >= 0.6 is 0 Å². The van der Waals surface area contributed by atoms with Crippen molar-refractivity contribution in [3.05, 3.63) is 0 Å². The van der Waals surface area contributed by atoms with Crippen LogP contribution in [-0.4, -0.2) is 0 Å². The van der Waals surface area contributed by atoms with Crippen LogP contribution in [0.25, 0.3) is 0 Å². The molecule has 0 aromatic heterocycles. The third-order valence-corrected chi connectivity index (χ3v) is 0. The molecule has 0 spiro atoms. The van der Waals surface area contributed by atoms with E-state index >= 15 is 0 Å². The Morgan fingerprint density at radius 1 is 0.750 bits per heavy atom. The lowest BCUT2D eigenvalue weighted by Crippen LogP contribution is -0.856. The van der Waals surface area contributed by atoms with Crippen molar-refractivity contribution in [3.8, 4) is 0 Å². The predicted molar refractivity (Wildman–Crippen MR) is 26.9 cm³/mol. The summed E-state index contributed by atoms with van der Waals surface area (Å²) in [6, 6.07) is 0. The first-order valence-corrected chi connectivity index (χ1v) is 2.00. The zero-order valence-corrected chi connectivity index (χ0v) is 4.00. The van der Waals surface area contributed by atoms with Crippen molar-refractivity contribution in [3.63, 3.8) is 0 Å². The van der Waals surface area contributed by atoms with Gasteiger partial charge >= 0.3 is 0 Å². The van der Waals surface area contributed by atoms with Crippen molar-refractivity contribution in [2.45, 2.75) is 27.7 Å². The van der Waals surface area contributed by atoms with Crippen LogP contribution in [-0.2, 0) is 0 Å². The van der Waals surface area contributed by atoms with Crippen LogP contribution in [0.1, 0.15) is 30.5 Å². The van der Waals surface area contributed by atoms with Crippen molar-refractivity contribution in [2.24, 2.45) is 0 Å². The Bertz CT molecular complexity index is 5.51. The largest absolute Gasteiger partial charge is 0.0683 e. The maximum atomic E-state index is 2.00. The zero-order chi connectivity index (χ0) is 4.00. The second-order valence-electron chi connectivity index (χ2n) is 0. The molecule has 0 saturated carbocycles. The fraction of sp³-hybridized carbons (Fsp3) is 1.00. The number of hydrogen-bond donors (Lipinski definition) is 0. The van der Waals surface area contributed by atoms with Gasteiger partial charge in [-0.05, 0) is 0 Å². The van der Waals surface area contributed by atoms with E-state index in [1.807, 2.05) is 27.7 Å². The molecule has 4 heavy (non-hydrogen) atoms. The Balaban J connectivity index is -0.00000000500. The summed E-state index contributed by atoms with van der Waals surface area (Å²) in [5.41, 5.74) is 0. The smallest absolute Gasteiger partial charge is 0 e. The minimum absolute atomic E-state index is 0. The van der Waals surface area contributed by atoms with Crippen LogP contribution in [0.5, 0.6) is 0 Å². The van der Waals surface area contributed by atoms with Gasteiger partial charge in [-0.2, -0.15) is 0 Å². The highest BCUT2D eigenvalue weighted by Crippen LogP contribution is 1.15. The average molecular weight is 68.2 g/mol. The highest BCUT2D eigenvalue weighted by atomic mass is 13.0. The molecular formula is C4H16. The van der Waals surface area contributed by atoms with Gasteiger partial charge in [0.05, 0.1) is 0 Å². The van der Waals surface area contributed by atoms with Crippen LogP contribution in [0.4, 0.5) is 0 Å². The van der Waals surface area contributed by atoms with E-state index in [-0.39, 0.29) is 2.85 Å². The summed E-state index contributed by atoms with van der Waals surface area (Å²) in [6.45, 7) is 8.00. The summed E-state index contributed by atoms with van der Waals surface area (Å²) in [6.07, 6.45) is 0. The molecule has 0 saturated heterocycles. The third kappa shape index (κ3) is 0. The van der Waals surface area contributed by atoms with Gasteiger partial charge in [0.25, 0.3) is 0 Å². The van der Waals surface area contributed by atoms with Gasteiger partial charge in [-0.15, -0.1) is 0 Å². The van der Waals surface area contributed by atoms with Gasteiger partial charge in [0, 0.05) is 2.85 Å². The molecule has 0 aliphatic heterocycles. The maximum absolute atomic E-state index is 2.00. The van der Waals surface area contributed by atoms with E-state index in [4.69, 9.17) is 0 Å². The van der Waals surface area contributed by atoms with Crippen LogP contribution < -0.4 is 0 Å². The molecule has 0 amide bonds. The van der Waals surface area contributed by atoms with E-state index in [0.717, 1.165) is 0 Å². The van der Waals surface area contributed by atoms with E-state index in [1.54, 1.807) is 0 Å². The van der Waals surface area contributed by atoms with Gasteiger partial charge in [-0.1, -0.05) is 27.7 Å². The van der Waals surface area contributed by atoms with E-state index in [9.17, 15) is 0 Å². The minimum atomic E-state index is 0. The lowest BCUT2D eigenvalue weighted by Gasteiger charge is -1.07. The van der Waals surface area contributed by atoms with Crippen LogP contribution in [0.2, 0.25) is 0 Å². The predicted octanol–water partition coefficient (Wildman–Crippen LogP) is 2.54. The van der Waals surface area contributed by atoms with Crippen LogP contribution in [0.3, 0.4) is 0 Å². The second kappa shape index (κ2) is 0. The Morgan fingerprint density at radius 2 is 0.750 bits per heavy atom. The molecule has 32 valence electrons. The van der Waals surface area contributed by atoms with E-state index < -0.39 is 0 Å². The van der Waals surface area contributed by atoms with Gasteiger partial charge in [0.2, 0.25) is 0 Å². The first-order valence-electron chi connectivity index (χ1n) is 2.00. The number of hydrogen-bond acceptors (Lipinski definition) is 0. The monoisotopic (exact) mass is 68.1 g/mol. The molecule has 0 aliphatic carbocycles. The molecule has 0 nitrogen and oxygen atoms in total. The Morgan fingerprint density at radius 3 is 0.750 bits per heavy atom. The average Bonchev–Trinajstić information content (AvgIpc) is 1.50. The van der Waals surface area contributed by atoms with Crippen molar-refractivity contribution in [2.75, 3.05) is 0 Å². The van der Waals surface area contributed by atoms with Gasteiger partial charge in [0.1, 0.15) is 0 Å². The summed E-state index contributed by atoms with van der Waals surface area (Å²) in [7, 11) is 0. The topological polar surface area (TPSA) is 0 Å². The first kappa shape index (κ1) is 9.00. The lowest BCUT2D eigenvalue weighted by molar-refractivity contribution is 1.50. The molecule has 0 heterocycles. The van der Waals surface area contributed by atoms with E-state index in [0.29, 0.717) is 0 Å². The molecule has 0 aromatic carbocycles. The zero-order valence-electron chi connectivity index (χ0n) is 4.00. The number of rotatable bonds is 0.